The molecule has 1 N–H and O–H groups in total. The molecule has 1 saturated heterocycles. The van der Waals surface area contributed by atoms with Gasteiger partial charge in [-0.2, -0.15) is 0 Å². The summed E-state index contributed by atoms with van der Waals surface area (Å²) in [6.07, 6.45) is 2.51. The quantitative estimate of drug-likeness (QED) is 0.926. The topological polar surface area (TPSA) is 53.4 Å². The SMILES string of the molecule is O=C(c1cc(C2CC2)nc2ccc(Cl)cc12)N1CC[C@H](O)C1. The maximum atomic E-state index is 12.9. The molecule has 0 spiro atoms. The number of likely N-dealkylation sites (tertiary alicyclic amines) is 1. The third-order valence-corrected chi connectivity index (χ3v) is 4.70. The standard InChI is InChI=1S/C17H17ClN2O2/c18-11-3-4-15-13(7-11)14(8-16(19-15)10-1-2-10)17(22)20-6-5-12(21)9-20/h3-4,7-8,10,12,21H,1-2,5-6,9H2/t12-/m0/s1. The van der Waals surface area contributed by atoms with Crippen LogP contribution in [0.4, 0.5) is 0 Å². The molecule has 1 atom stereocenters. The number of aliphatic hydroxyl groups excluding tert-OH is 1. The Labute approximate surface area is 133 Å². The Morgan fingerprint density at radius 2 is 2.09 bits per heavy atom. The molecule has 5 heteroatoms. The van der Waals surface area contributed by atoms with Crippen LogP contribution < -0.4 is 0 Å². The third kappa shape index (κ3) is 2.46. The summed E-state index contributed by atoms with van der Waals surface area (Å²) >= 11 is 6.10. The second kappa shape index (κ2) is 5.21. The van der Waals surface area contributed by atoms with Gasteiger partial charge in [-0.25, -0.2) is 0 Å². The molecule has 0 radical (unpaired) electrons. The number of carbonyl (C=O) groups is 1. The highest BCUT2D eigenvalue weighted by atomic mass is 35.5. The molecule has 1 saturated carbocycles. The molecule has 114 valence electrons. The zero-order valence-corrected chi connectivity index (χ0v) is 12.9. The number of fused-ring (bicyclic) bond motifs is 1. The van der Waals surface area contributed by atoms with Gasteiger partial charge in [0.1, 0.15) is 0 Å². The molecule has 2 aliphatic rings. The van der Waals surface area contributed by atoms with Crippen molar-refractivity contribution in [3.8, 4) is 0 Å². The number of benzene rings is 1. The smallest absolute Gasteiger partial charge is 0.254 e. The van der Waals surface area contributed by atoms with Crippen LogP contribution in [0.1, 0.15) is 41.2 Å². The Balaban J connectivity index is 1.83. The van der Waals surface area contributed by atoms with Gasteiger partial charge in [0.05, 0.1) is 17.2 Å². The number of carbonyl (C=O) groups excluding carboxylic acids is 1. The van der Waals surface area contributed by atoms with Crippen molar-refractivity contribution in [2.45, 2.75) is 31.3 Å². The summed E-state index contributed by atoms with van der Waals surface area (Å²) in [6, 6.07) is 7.41. The van der Waals surface area contributed by atoms with Crippen molar-refractivity contribution in [3.05, 3.63) is 40.5 Å². The van der Waals surface area contributed by atoms with Crippen LogP contribution in [0, 0.1) is 0 Å². The monoisotopic (exact) mass is 316 g/mol. The molecule has 2 fully saturated rings. The van der Waals surface area contributed by atoms with Gasteiger partial charge in [-0.05, 0) is 43.5 Å². The molecule has 4 rings (SSSR count). The van der Waals surface area contributed by atoms with Crippen LogP contribution in [0.2, 0.25) is 5.02 Å². The van der Waals surface area contributed by atoms with Gasteiger partial charge in [-0.3, -0.25) is 9.78 Å². The van der Waals surface area contributed by atoms with Crippen LogP contribution in [0.25, 0.3) is 10.9 Å². The van der Waals surface area contributed by atoms with E-state index in [1.54, 1.807) is 17.0 Å². The van der Waals surface area contributed by atoms with Gasteiger partial charge >= 0.3 is 0 Å². The average Bonchev–Trinajstić information content (AvgIpc) is 3.27. The van der Waals surface area contributed by atoms with Crippen LogP contribution in [0.3, 0.4) is 0 Å². The number of hydrogen-bond donors (Lipinski definition) is 1. The molecule has 1 amide bonds. The van der Waals surface area contributed by atoms with Crippen LogP contribution in [-0.2, 0) is 0 Å². The van der Waals surface area contributed by atoms with Gasteiger partial charge in [-0.15, -0.1) is 0 Å². The highest BCUT2D eigenvalue weighted by molar-refractivity contribution is 6.31. The van der Waals surface area contributed by atoms with Gasteiger partial charge in [-0.1, -0.05) is 11.6 Å². The van der Waals surface area contributed by atoms with Crippen molar-refractivity contribution < 1.29 is 9.90 Å². The first kappa shape index (κ1) is 14.0. The molecule has 0 unspecified atom stereocenters. The highest BCUT2D eigenvalue weighted by Crippen LogP contribution is 2.40. The maximum absolute atomic E-state index is 12.9. The minimum atomic E-state index is -0.413. The number of halogens is 1. The summed E-state index contributed by atoms with van der Waals surface area (Å²) in [5.74, 6) is 0.448. The second-order valence-corrected chi connectivity index (χ2v) is 6.66. The minimum absolute atomic E-state index is 0.0342. The van der Waals surface area contributed by atoms with E-state index in [1.165, 1.54) is 0 Å². The van der Waals surface area contributed by atoms with E-state index in [4.69, 9.17) is 11.6 Å². The summed E-state index contributed by atoms with van der Waals surface area (Å²) in [4.78, 5) is 19.3. The summed E-state index contributed by atoms with van der Waals surface area (Å²) in [7, 11) is 0. The van der Waals surface area contributed by atoms with E-state index in [1.807, 2.05) is 12.1 Å². The maximum Gasteiger partial charge on any atom is 0.254 e. The van der Waals surface area contributed by atoms with Crippen molar-refractivity contribution in [1.82, 2.24) is 9.88 Å². The van der Waals surface area contributed by atoms with Crippen molar-refractivity contribution in [3.63, 3.8) is 0 Å². The Morgan fingerprint density at radius 3 is 2.77 bits per heavy atom. The second-order valence-electron chi connectivity index (χ2n) is 6.22. The fourth-order valence-corrected chi connectivity index (χ4v) is 3.25. The first-order chi connectivity index (χ1) is 10.6. The number of rotatable bonds is 2. The van der Waals surface area contributed by atoms with Crippen molar-refractivity contribution in [2.75, 3.05) is 13.1 Å². The van der Waals surface area contributed by atoms with E-state index < -0.39 is 6.10 Å². The summed E-state index contributed by atoms with van der Waals surface area (Å²) in [6.45, 7) is 1.01. The van der Waals surface area contributed by atoms with Gasteiger partial charge in [0.25, 0.3) is 5.91 Å². The molecule has 1 aliphatic heterocycles. The number of aromatic nitrogens is 1. The predicted molar refractivity (Wildman–Crippen MR) is 85.3 cm³/mol. The van der Waals surface area contributed by atoms with Gasteiger partial charge in [0, 0.05) is 35.1 Å². The minimum Gasteiger partial charge on any atom is -0.391 e. The molecule has 4 nitrogen and oxygen atoms in total. The fourth-order valence-electron chi connectivity index (χ4n) is 3.08. The van der Waals surface area contributed by atoms with E-state index in [2.05, 4.69) is 4.98 Å². The van der Waals surface area contributed by atoms with E-state index in [0.29, 0.717) is 36.0 Å². The molecule has 1 aliphatic carbocycles. The highest BCUT2D eigenvalue weighted by Gasteiger charge is 2.30. The lowest BCUT2D eigenvalue weighted by molar-refractivity contribution is 0.0766. The van der Waals surface area contributed by atoms with Crippen molar-refractivity contribution >= 4 is 28.4 Å². The van der Waals surface area contributed by atoms with Crippen LogP contribution in [0.15, 0.2) is 24.3 Å². The Morgan fingerprint density at radius 1 is 1.27 bits per heavy atom. The van der Waals surface area contributed by atoms with Gasteiger partial charge in [0.15, 0.2) is 0 Å². The average molecular weight is 317 g/mol. The van der Waals surface area contributed by atoms with Crippen LogP contribution >= 0.6 is 11.6 Å². The number of hydrogen-bond acceptors (Lipinski definition) is 3. The molecule has 2 aromatic rings. The fraction of sp³-hybridized carbons (Fsp3) is 0.412. The van der Waals surface area contributed by atoms with Crippen molar-refractivity contribution in [2.24, 2.45) is 0 Å². The predicted octanol–water partition coefficient (Wildman–Crippen LogP) is 2.97. The number of nitrogens with zero attached hydrogens (tertiary/aromatic N) is 2. The molecule has 0 bridgehead atoms. The molecule has 1 aromatic carbocycles. The van der Waals surface area contributed by atoms with Gasteiger partial charge in [0.2, 0.25) is 0 Å². The number of pyridine rings is 1. The van der Waals surface area contributed by atoms with E-state index in [9.17, 15) is 9.90 Å². The number of aliphatic hydroxyl groups is 1. The third-order valence-electron chi connectivity index (χ3n) is 4.47. The first-order valence-corrected chi connectivity index (χ1v) is 8.07. The summed E-state index contributed by atoms with van der Waals surface area (Å²) in [5.41, 5.74) is 2.47. The Kier molecular flexibility index (Phi) is 3.31. The van der Waals surface area contributed by atoms with Gasteiger partial charge < -0.3 is 10.0 Å². The molecular weight excluding hydrogens is 300 g/mol. The Hall–Kier alpha value is -1.65. The molecular formula is C17H17ClN2O2. The lowest BCUT2D eigenvalue weighted by Crippen LogP contribution is -2.29. The summed E-state index contributed by atoms with van der Waals surface area (Å²) < 4.78 is 0. The van der Waals surface area contributed by atoms with E-state index in [-0.39, 0.29) is 5.91 Å². The largest absolute Gasteiger partial charge is 0.391 e. The summed E-state index contributed by atoms with van der Waals surface area (Å²) in [5, 5.41) is 11.1. The zero-order valence-electron chi connectivity index (χ0n) is 12.1. The van der Waals surface area contributed by atoms with E-state index >= 15 is 0 Å². The number of amides is 1. The lowest BCUT2D eigenvalue weighted by atomic mass is 10.0. The molecule has 1 aromatic heterocycles. The van der Waals surface area contributed by atoms with Crippen LogP contribution in [0.5, 0.6) is 0 Å². The normalized spacial score (nSPS) is 21.5. The number of β-amino-alcohol motifs (C(OH)–C–C–N with tert-alkyl or cyclic N) is 1. The lowest BCUT2D eigenvalue weighted by Gasteiger charge is -2.17. The Bertz CT molecular complexity index is 758. The zero-order chi connectivity index (χ0) is 15.3. The molecule has 22 heavy (non-hydrogen) atoms. The van der Waals surface area contributed by atoms with Crippen molar-refractivity contribution in [1.29, 1.82) is 0 Å². The first-order valence-electron chi connectivity index (χ1n) is 7.69. The van der Waals surface area contributed by atoms with Crippen LogP contribution in [-0.4, -0.2) is 40.1 Å². The van der Waals surface area contributed by atoms with E-state index in [0.717, 1.165) is 29.4 Å². The molecule has 2 heterocycles.